The van der Waals surface area contributed by atoms with Gasteiger partial charge in [0.2, 0.25) is 0 Å². The summed E-state index contributed by atoms with van der Waals surface area (Å²) in [5.41, 5.74) is 0.991. The first-order chi connectivity index (χ1) is 11.7. The van der Waals surface area contributed by atoms with Gasteiger partial charge in [-0.1, -0.05) is 30.3 Å². The number of carbonyl (C=O) groups excluding carboxylic acids is 1. The molecule has 0 spiro atoms. The molecule has 24 heavy (non-hydrogen) atoms. The monoisotopic (exact) mass is 332 g/mol. The van der Waals surface area contributed by atoms with Gasteiger partial charge in [0, 0.05) is 6.07 Å². The summed E-state index contributed by atoms with van der Waals surface area (Å²) in [5.74, 6) is 0.565. The van der Waals surface area contributed by atoms with Crippen LogP contribution in [0.25, 0.3) is 0 Å². The lowest BCUT2D eigenvalue weighted by atomic mass is 10.1. The Kier molecular flexibility index (Phi) is 5.89. The molecule has 0 amide bonds. The predicted octanol–water partition coefficient (Wildman–Crippen LogP) is 3.08. The summed E-state index contributed by atoms with van der Waals surface area (Å²) >= 11 is 0. The molecule has 2 aromatic carbocycles. The zero-order valence-corrected chi connectivity index (χ0v) is 14.1. The maximum absolute atomic E-state index is 12.6. The number of hydrogen-bond acceptors (Lipinski definition) is 6. The molecule has 128 valence electrons. The predicted molar refractivity (Wildman–Crippen MR) is 88.2 cm³/mol. The fourth-order valence-electron chi connectivity index (χ4n) is 2.29. The Labute approximate surface area is 140 Å². The molecule has 0 aliphatic heterocycles. The number of esters is 1. The van der Waals surface area contributed by atoms with E-state index in [4.69, 9.17) is 23.7 Å². The first kappa shape index (κ1) is 17.5. The Morgan fingerprint density at radius 3 is 1.83 bits per heavy atom. The van der Waals surface area contributed by atoms with Crippen molar-refractivity contribution in [1.82, 2.24) is 0 Å². The molecule has 0 N–H and O–H groups in total. The van der Waals surface area contributed by atoms with E-state index in [1.165, 1.54) is 28.4 Å². The highest BCUT2D eigenvalue weighted by Crippen LogP contribution is 2.44. The highest BCUT2D eigenvalue weighted by molar-refractivity contribution is 5.98. The largest absolute Gasteiger partial charge is 0.493 e. The number of methoxy groups -OCH3 is 4. The molecule has 0 aliphatic rings. The van der Waals surface area contributed by atoms with Gasteiger partial charge < -0.3 is 23.7 Å². The standard InChI is InChI=1S/C18H20O6/c1-20-13-10-14(21-2)17(23-4)15(16(13)22-3)18(19)24-11-12-8-6-5-7-9-12/h5-10H,11H2,1-4H3. The van der Waals surface area contributed by atoms with Gasteiger partial charge in [-0.25, -0.2) is 4.79 Å². The van der Waals surface area contributed by atoms with Crippen molar-refractivity contribution in [2.45, 2.75) is 6.61 Å². The molecule has 0 fully saturated rings. The summed E-state index contributed by atoms with van der Waals surface area (Å²) in [6, 6.07) is 11.0. The van der Waals surface area contributed by atoms with Gasteiger partial charge in [0.1, 0.15) is 6.61 Å². The maximum Gasteiger partial charge on any atom is 0.346 e. The van der Waals surface area contributed by atoms with Gasteiger partial charge in [-0.2, -0.15) is 0 Å². The van der Waals surface area contributed by atoms with Gasteiger partial charge in [-0.15, -0.1) is 0 Å². The Balaban J connectivity index is 2.40. The second-order valence-electron chi connectivity index (χ2n) is 4.78. The molecular formula is C18H20O6. The first-order valence-electron chi connectivity index (χ1n) is 7.24. The minimum Gasteiger partial charge on any atom is -0.493 e. The zero-order valence-electron chi connectivity index (χ0n) is 14.1. The maximum atomic E-state index is 12.6. The van der Waals surface area contributed by atoms with Crippen molar-refractivity contribution in [3.63, 3.8) is 0 Å². The van der Waals surface area contributed by atoms with Crippen molar-refractivity contribution in [1.29, 1.82) is 0 Å². The quantitative estimate of drug-likeness (QED) is 0.726. The molecule has 0 bridgehead atoms. The molecule has 6 heteroatoms. The van der Waals surface area contributed by atoms with E-state index in [2.05, 4.69) is 0 Å². The van der Waals surface area contributed by atoms with Gasteiger partial charge in [-0.05, 0) is 5.56 Å². The van der Waals surface area contributed by atoms with Crippen molar-refractivity contribution in [3.8, 4) is 23.0 Å². The van der Waals surface area contributed by atoms with Gasteiger partial charge in [0.25, 0.3) is 0 Å². The lowest BCUT2D eigenvalue weighted by Gasteiger charge is -2.18. The Hall–Kier alpha value is -2.89. The van der Waals surface area contributed by atoms with Crippen molar-refractivity contribution in [2.75, 3.05) is 28.4 Å². The van der Waals surface area contributed by atoms with Crippen molar-refractivity contribution in [2.24, 2.45) is 0 Å². The highest BCUT2D eigenvalue weighted by atomic mass is 16.5. The van der Waals surface area contributed by atoms with Gasteiger partial charge in [0.05, 0.1) is 28.4 Å². The number of hydrogen-bond donors (Lipinski definition) is 0. The van der Waals surface area contributed by atoms with Crippen molar-refractivity contribution in [3.05, 3.63) is 47.5 Å². The van der Waals surface area contributed by atoms with Crippen LogP contribution in [0.1, 0.15) is 15.9 Å². The average molecular weight is 332 g/mol. The summed E-state index contributed by atoms with van der Waals surface area (Å²) in [6.07, 6.45) is 0. The summed E-state index contributed by atoms with van der Waals surface area (Å²) in [7, 11) is 5.83. The lowest BCUT2D eigenvalue weighted by Crippen LogP contribution is -2.11. The molecule has 6 nitrogen and oxygen atoms in total. The van der Waals surface area contributed by atoms with E-state index >= 15 is 0 Å². The Bertz CT molecular complexity index is 666. The van der Waals surface area contributed by atoms with Crippen LogP contribution in [0.5, 0.6) is 23.0 Å². The van der Waals surface area contributed by atoms with Crippen LogP contribution in [0.15, 0.2) is 36.4 Å². The zero-order chi connectivity index (χ0) is 17.5. The van der Waals surface area contributed by atoms with Crippen LogP contribution in [0, 0.1) is 0 Å². The average Bonchev–Trinajstić information content (AvgIpc) is 2.64. The van der Waals surface area contributed by atoms with Crippen LogP contribution in [-0.4, -0.2) is 34.4 Å². The van der Waals surface area contributed by atoms with E-state index in [0.29, 0.717) is 11.5 Å². The number of ether oxygens (including phenoxy) is 5. The second-order valence-corrected chi connectivity index (χ2v) is 4.78. The fourth-order valence-corrected chi connectivity index (χ4v) is 2.29. The summed E-state index contributed by atoms with van der Waals surface area (Å²) in [6.45, 7) is 0.130. The summed E-state index contributed by atoms with van der Waals surface area (Å²) in [5, 5.41) is 0. The summed E-state index contributed by atoms with van der Waals surface area (Å²) < 4.78 is 26.6. The Morgan fingerprint density at radius 1 is 0.833 bits per heavy atom. The normalized spacial score (nSPS) is 10.0. The smallest absolute Gasteiger partial charge is 0.346 e. The third-order valence-electron chi connectivity index (χ3n) is 3.43. The number of rotatable bonds is 7. The minimum absolute atomic E-state index is 0.118. The molecule has 0 radical (unpaired) electrons. The molecular weight excluding hydrogens is 312 g/mol. The summed E-state index contributed by atoms with van der Waals surface area (Å²) in [4.78, 5) is 12.6. The molecule has 0 aliphatic carbocycles. The van der Waals surface area contributed by atoms with Crippen LogP contribution >= 0.6 is 0 Å². The molecule has 0 unspecified atom stereocenters. The molecule has 0 aromatic heterocycles. The molecule has 2 rings (SSSR count). The van der Waals surface area contributed by atoms with Gasteiger partial charge >= 0.3 is 5.97 Å². The van der Waals surface area contributed by atoms with E-state index in [9.17, 15) is 4.79 Å². The van der Waals surface area contributed by atoms with E-state index in [0.717, 1.165) is 5.56 Å². The third kappa shape index (κ3) is 3.53. The molecule has 0 saturated heterocycles. The van der Waals surface area contributed by atoms with E-state index in [1.807, 2.05) is 30.3 Å². The molecule has 0 heterocycles. The van der Waals surface area contributed by atoms with Crippen LogP contribution < -0.4 is 18.9 Å². The van der Waals surface area contributed by atoms with Crippen molar-refractivity contribution < 1.29 is 28.5 Å². The number of benzene rings is 2. The second kappa shape index (κ2) is 8.10. The first-order valence-corrected chi connectivity index (χ1v) is 7.24. The van der Waals surface area contributed by atoms with Crippen LogP contribution in [0.3, 0.4) is 0 Å². The topological polar surface area (TPSA) is 63.2 Å². The Morgan fingerprint density at radius 2 is 1.38 bits per heavy atom. The van der Waals surface area contributed by atoms with Gasteiger partial charge in [-0.3, -0.25) is 0 Å². The number of carbonyl (C=O) groups is 1. The third-order valence-corrected chi connectivity index (χ3v) is 3.43. The van der Waals surface area contributed by atoms with Gasteiger partial charge in [0.15, 0.2) is 28.6 Å². The lowest BCUT2D eigenvalue weighted by molar-refractivity contribution is 0.0463. The van der Waals surface area contributed by atoms with Crippen LogP contribution in [0.2, 0.25) is 0 Å². The fraction of sp³-hybridized carbons (Fsp3) is 0.278. The molecule has 0 atom stereocenters. The van der Waals surface area contributed by atoms with Crippen LogP contribution in [0.4, 0.5) is 0 Å². The van der Waals surface area contributed by atoms with Crippen LogP contribution in [-0.2, 0) is 11.3 Å². The van der Waals surface area contributed by atoms with E-state index in [-0.39, 0.29) is 23.7 Å². The minimum atomic E-state index is -0.593. The van der Waals surface area contributed by atoms with Crippen molar-refractivity contribution >= 4 is 5.97 Å². The highest BCUT2D eigenvalue weighted by Gasteiger charge is 2.27. The van der Waals surface area contributed by atoms with E-state index < -0.39 is 5.97 Å². The SMILES string of the molecule is COc1cc(OC)c(OC)c(C(=O)OCc2ccccc2)c1OC. The molecule has 0 saturated carbocycles. The van der Waals surface area contributed by atoms with E-state index in [1.54, 1.807) is 6.07 Å². The molecule has 2 aromatic rings.